The third-order valence-corrected chi connectivity index (χ3v) is 2.00. The van der Waals surface area contributed by atoms with Crippen molar-refractivity contribution in [2.75, 3.05) is 0 Å². The first kappa shape index (κ1) is 8.96. The van der Waals surface area contributed by atoms with E-state index in [0.29, 0.717) is 12.0 Å². The molecule has 0 aliphatic heterocycles. The second kappa shape index (κ2) is 4.80. The van der Waals surface area contributed by atoms with Gasteiger partial charge in [-0.1, -0.05) is 33.6 Å². The summed E-state index contributed by atoms with van der Waals surface area (Å²) >= 11 is 0. The third-order valence-electron chi connectivity index (χ3n) is 2.00. The molecule has 1 nitrogen and oxygen atoms in total. The van der Waals surface area contributed by atoms with Crippen LogP contribution in [0.1, 0.15) is 40.0 Å². The Kier molecular flexibility index (Phi) is 4.78. The predicted octanol–water partition coefficient (Wildman–Crippen LogP) is 2.16. The summed E-state index contributed by atoms with van der Waals surface area (Å²) in [7, 11) is 0. The highest BCUT2D eigenvalue weighted by Crippen LogP contribution is 2.09. The fourth-order valence-electron chi connectivity index (χ4n) is 0.921. The van der Waals surface area contributed by atoms with E-state index in [0.717, 1.165) is 0 Å². The maximum absolute atomic E-state index is 5.84. The van der Waals surface area contributed by atoms with Crippen LogP contribution in [0, 0.1) is 5.92 Å². The SMILES string of the molecule is CCC[C@H](N)C(C)CC. The molecule has 56 valence electrons. The molecule has 0 amide bonds. The second-order valence-electron chi connectivity index (χ2n) is 2.84. The van der Waals surface area contributed by atoms with Crippen molar-refractivity contribution in [2.45, 2.75) is 46.1 Å². The van der Waals surface area contributed by atoms with Crippen LogP contribution in [0.3, 0.4) is 0 Å². The average Bonchev–Trinajstić information content (AvgIpc) is 1.87. The molecular formula is C8H19N. The van der Waals surface area contributed by atoms with E-state index in [9.17, 15) is 0 Å². The fraction of sp³-hybridized carbons (Fsp3) is 1.00. The van der Waals surface area contributed by atoms with Gasteiger partial charge >= 0.3 is 0 Å². The Bertz CT molecular complexity index is 61.6. The van der Waals surface area contributed by atoms with Crippen molar-refractivity contribution in [2.24, 2.45) is 11.7 Å². The van der Waals surface area contributed by atoms with E-state index in [1.165, 1.54) is 19.3 Å². The van der Waals surface area contributed by atoms with Gasteiger partial charge in [-0.25, -0.2) is 0 Å². The average molecular weight is 129 g/mol. The number of nitrogens with two attached hydrogens (primary N) is 1. The van der Waals surface area contributed by atoms with Crippen LogP contribution in [0.2, 0.25) is 0 Å². The van der Waals surface area contributed by atoms with Crippen molar-refractivity contribution < 1.29 is 0 Å². The molecule has 0 rings (SSSR count). The van der Waals surface area contributed by atoms with Crippen molar-refractivity contribution in [3.8, 4) is 0 Å². The highest BCUT2D eigenvalue weighted by atomic mass is 14.6. The van der Waals surface area contributed by atoms with Crippen LogP contribution >= 0.6 is 0 Å². The van der Waals surface area contributed by atoms with Gasteiger partial charge in [0.15, 0.2) is 0 Å². The van der Waals surface area contributed by atoms with E-state index < -0.39 is 0 Å². The van der Waals surface area contributed by atoms with Gasteiger partial charge in [0.25, 0.3) is 0 Å². The molecule has 0 bridgehead atoms. The van der Waals surface area contributed by atoms with E-state index in [4.69, 9.17) is 5.73 Å². The molecule has 2 atom stereocenters. The van der Waals surface area contributed by atoms with Crippen molar-refractivity contribution in [1.82, 2.24) is 0 Å². The predicted molar refractivity (Wildman–Crippen MR) is 42.3 cm³/mol. The molecule has 1 unspecified atom stereocenters. The summed E-state index contributed by atoms with van der Waals surface area (Å²) in [5.41, 5.74) is 5.84. The molecule has 1 heteroatoms. The van der Waals surface area contributed by atoms with Gasteiger partial charge < -0.3 is 5.73 Å². The summed E-state index contributed by atoms with van der Waals surface area (Å²) in [4.78, 5) is 0. The summed E-state index contributed by atoms with van der Waals surface area (Å²) in [5.74, 6) is 0.699. The highest BCUT2D eigenvalue weighted by Gasteiger charge is 2.07. The van der Waals surface area contributed by atoms with E-state index >= 15 is 0 Å². The zero-order chi connectivity index (χ0) is 7.28. The van der Waals surface area contributed by atoms with Crippen LogP contribution in [-0.4, -0.2) is 6.04 Å². The molecule has 0 heterocycles. The Morgan fingerprint density at radius 1 is 1.33 bits per heavy atom. The van der Waals surface area contributed by atoms with E-state index in [1.54, 1.807) is 0 Å². The lowest BCUT2D eigenvalue weighted by Gasteiger charge is -2.16. The summed E-state index contributed by atoms with van der Waals surface area (Å²) < 4.78 is 0. The zero-order valence-electron chi connectivity index (χ0n) is 6.85. The first-order valence-electron chi connectivity index (χ1n) is 3.97. The van der Waals surface area contributed by atoms with Crippen molar-refractivity contribution in [3.63, 3.8) is 0 Å². The molecule has 9 heavy (non-hydrogen) atoms. The Labute approximate surface area is 58.6 Å². The summed E-state index contributed by atoms with van der Waals surface area (Å²) in [6.45, 7) is 6.60. The molecule has 0 aromatic heterocycles. The van der Waals surface area contributed by atoms with Crippen LogP contribution in [0.15, 0.2) is 0 Å². The number of rotatable bonds is 4. The lowest BCUT2D eigenvalue weighted by atomic mass is 9.96. The zero-order valence-corrected chi connectivity index (χ0v) is 6.85. The molecule has 0 radical (unpaired) electrons. The number of hydrogen-bond acceptors (Lipinski definition) is 1. The summed E-state index contributed by atoms with van der Waals surface area (Å²) in [6, 6.07) is 0.431. The normalized spacial score (nSPS) is 17.3. The van der Waals surface area contributed by atoms with Crippen molar-refractivity contribution in [1.29, 1.82) is 0 Å². The molecule has 0 fully saturated rings. The fourth-order valence-corrected chi connectivity index (χ4v) is 0.921. The first-order valence-corrected chi connectivity index (χ1v) is 3.97. The summed E-state index contributed by atoms with van der Waals surface area (Å²) in [5, 5.41) is 0. The van der Waals surface area contributed by atoms with Gasteiger partial charge in [0.05, 0.1) is 0 Å². The quantitative estimate of drug-likeness (QED) is 0.618. The molecule has 0 saturated carbocycles. The van der Waals surface area contributed by atoms with Crippen molar-refractivity contribution >= 4 is 0 Å². The topological polar surface area (TPSA) is 26.0 Å². The molecule has 2 N–H and O–H groups in total. The van der Waals surface area contributed by atoms with Gasteiger partial charge in [0.2, 0.25) is 0 Å². The Morgan fingerprint density at radius 2 is 1.89 bits per heavy atom. The van der Waals surface area contributed by atoms with Gasteiger partial charge in [-0.15, -0.1) is 0 Å². The minimum atomic E-state index is 0.431. The maximum atomic E-state index is 5.84. The van der Waals surface area contributed by atoms with Crippen LogP contribution in [0.25, 0.3) is 0 Å². The Morgan fingerprint density at radius 3 is 2.22 bits per heavy atom. The highest BCUT2D eigenvalue weighted by molar-refractivity contribution is 4.66. The second-order valence-corrected chi connectivity index (χ2v) is 2.84. The molecule has 0 spiro atoms. The van der Waals surface area contributed by atoms with Gasteiger partial charge in [-0.05, 0) is 12.3 Å². The van der Waals surface area contributed by atoms with Gasteiger partial charge in [0.1, 0.15) is 0 Å². The van der Waals surface area contributed by atoms with Crippen LogP contribution in [0.4, 0.5) is 0 Å². The molecule has 0 saturated heterocycles. The molecule has 0 aromatic carbocycles. The lowest BCUT2D eigenvalue weighted by molar-refractivity contribution is 0.417. The Balaban J connectivity index is 3.32. The van der Waals surface area contributed by atoms with Crippen LogP contribution < -0.4 is 5.73 Å². The third kappa shape index (κ3) is 3.52. The lowest BCUT2D eigenvalue weighted by Crippen LogP contribution is -2.27. The van der Waals surface area contributed by atoms with Gasteiger partial charge in [-0.3, -0.25) is 0 Å². The largest absolute Gasteiger partial charge is 0.327 e. The Hall–Kier alpha value is -0.0400. The minimum Gasteiger partial charge on any atom is -0.327 e. The van der Waals surface area contributed by atoms with E-state index in [1.807, 2.05) is 0 Å². The minimum absolute atomic E-state index is 0.431. The molecule has 0 aliphatic rings. The van der Waals surface area contributed by atoms with Gasteiger partial charge in [-0.2, -0.15) is 0 Å². The molecule has 0 aromatic rings. The van der Waals surface area contributed by atoms with Crippen molar-refractivity contribution in [3.05, 3.63) is 0 Å². The molecule has 0 aliphatic carbocycles. The molecular weight excluding hydrogens is 110 g/mol. The maximum Gasteiger partial charge on any atom is 0.00643 e. The monoisotopic (exact) mass is 129 g/mol. The van der Waals surface area contributed by atoms with Gasteiger partial charge in [0, 0.05) is 6.04 Å². The first-order chi connectivity index (χ1) is 4.22. The van der Waals surface area contributed by atoms with Crippen LogP contribution in [-0.2, 0) is 0 Å². The number of hydrogen-bond donors (Lipinski definition) is 1. The standard InChI is InChI=1S/C8H19N/c1-4-6-8(9)7(3)5-2/h7-8H,4-6,9H2,1-3H3/t7?,8-/m0/s1. The van der Waals surface area contributed by atoms with E-state index in [2.05, 4.69) is 20.8 Å². The summed E-state index contributed by atoms with van der Waals surface area (Å²) in [6.07, 6.45) is 3.60. The smallest absolute Gasteiger partial charge is 0.00643 e. The van der Waals surface area contributed by atoms with Crippen LogP contribution in [0.5, 0.6) is 0 Å². The van der Waals surface area contributed by atoms with E-state index in [-0.39, 0.29) is 0 Å².